The predicted molar refractivity (Wildman–Crippen MR) is 82.6 cm³/mol. The van der Waals surface area contributed by atoms with Gasteiger partial charge in [-0.05, 0) is 76.4 Å². The van der Waals surface area contributed by atoms with Gasteiger partial charge in [0.25, 0.3) is 0 Å². The summed E-state index contributed by atoms with van der Waals surface area (Å²) in [6.07, 6.45) is 2.65. The second kappa shape index (κ2) is 6.53. The quantitative estimate of drug-likeness (QED) is 0.893. The molecule has 0 bridgehead atoms. The zero-order valence-corrected chi connectivity index (χ0v) is 12.9. The van der Waals surface area contributed by atoms with Crippen LogP contribution in [0.25, 0.3) is 0 Å². The summed E-state index contributed by atoms with van der Waals surface area (Å²) in [5.41, 5.74) is 4.23. The first-order chi connectivity index (χ1) is 9.08. The number of aryl methyl sites for hydroxylation is 2. The Morgan fingerprint density at radius 1 is 1.21 bits per heavy atom. The van der Waals surface area contributed by atoms with Crippen molar-refractivity contribution >= 4 is 0 Å². The average molecular weight is 260 g/mol. The molecule has 1 saturated heterocycles. The lowest BCUT2D eigenvalue weighted by Crippen LogP contribution is -2.35. The van der Waals surface area contributed by atoms with Crippen LogP contribution in [-0.2, 0) is 0 Å². The first kappa shape index (κ1) is 14.5. The Morgan fingerprint density at radius 3 is 2.53 bits per heavy atom. The first-order valence-electron chi connectivity index (χ1n) is 7.56. The van der Waals surface area contributed by atoms with Crippen molar-refractivity contribution in [2.45, 2.75) is 39.7 Å². The average Bonchev–Trinajstić information content (AvgIpc) is 2.42. The molecule has 0 radical (unpaired) electrons. The van der Waals surface area contributed by atoms with Crippen molar-refractivity contribution in [3.8, 4) is 0 Å². The molecule has 1 N–H and O–H groups in total. The molecule has 1 fully saturated rings. The fourth-order valence-electron chi connectivity index (χ4n) is 2.91. The zero-order valence-electron chi connectivity index (χ0n) is 12.9. The number of benzene rings is 1. The van der Waals surface area contributed by atoms with Crippen LogP contribution in [0.1, 0.15) is 42.5 Å². The van der Waals surface area contributed by atoms with Crippen molar-refractivity contribution in [3.05, 3.63) is 34.9 Å². The van der Waals surface area contributed by atoms with Gasteiger partial charge in [0.1, 0.15) is 0 Å². The minimum atomic E-state index is 0.509. The molecule has 106 valence electrons. The highest BCUT2D eigenvalue weighted by atomic mass is 15.1. The molecule has 1 atom stereocenters. The Labute approximate surface area is 118 Å². The molecule has 0 amide bonds. The van der Waals surface area contributed by atoms with Crippen molar-refractivity contribution in [3.63, 3.8) is 0 Å². The molecular weight excluding hydrogens is 232 g/mol. The Balaban J connectivity index is 1.97. The number of rotatable bonds is 4. The van der Waals surface area contributed by atoms with Crippen molar-refractivity contribution < 1.29 is 0 Å². The van der Waals surface area contributed by atoms with E-state index in [1.165, 1.54) is 49.2 Å². The van der Waals surface area contributed by atoms with E-state index in [9.17, 15) is 0 Å². The smallest absolute Gasteiger partial charge is 0.0317 e. The Kier molecular flexibility index (Phi) is 5.00. The van der Waals surface area contributed by atoms with Crippen LogP contribution in [0.2, 0.25) is 0 Å². The predicted octanol–water partition coefficient (Wildman–Crippen LogP) is 3.30. The van der Waals surface area contributed by atoms with E-state index in [4.69, 9.17) is 0 Å². The van der Waals surface area contributed by atoms with E-state index in [0.717, 1.165) is 5.92 Å². The molecule has 0 aromatic heterocycles. The largest absolute Gasteiger partial charge is 0.317 e. The van der Waals surface area contributed by atoms with E-state index in [0.29, 0.717) is 6.04 Å². The summed E-state index contributed by atoms with van der Waals surface area (Å²) in [7, 11) is 2.27. The van der Waals surface area contributed by atoms with Gasteiger partial charge in [0, 0.05) is 12.6 Å². The minimum Gasteiger partial charge on any atom is -0.317 e. The maximum absolute atomic E-state index is 3.44. The lowest BCUT2D eigenvalue weighted by molar-refractivity contribution is 0.196. The maximum atomic E-state index is 3.44. The molecule has 1 aromatic rings. The molecule has 1 unspecified atom stereocenters. The van der Waals surface area contributed by atoms with Gasteiger partial charge in [-0.25, -0.2) is 0 Å². The van der Waals surface area contributed by atoms with E-state index in [1.54, 1.807) is 0 Å². The van der Waals surface area contributed by atoms with E-state index in [2.05, 4.69) is 56.2 Å². The van der Waals surface area contributed by atoms with Crippen molar-refractivity contribution in [2.75, 3.05) is 26.7 Å². The fourth-order valence-corrected chi connectivity index (χ4v) is 2.91. The summed E-state index contributed by atoms with van der Waals surface area (Å²) < 4.78 is 0. The van der Waals surface area contributed by atoms with Crippen molar-refractivity contribution in [2.24, 2.45) is 5.92 Å². The monoisotopic (exact) mass is 260 g/mol. The highest BCUT2D eigenvalue weighted by Gasteiger charge is 2.19. The fraction of sp³-hybridized carbons (Fsp3) is 0.647. The van der Waals surface area contributed by atoms with Gasteiger partial charge in [0.05, 0.1) is 0 Å². The van der Waals surface area contributed by atoms with E-state index in [1.807, 2.05) is 0 Å². The van der Waals surface area contributed by atoms with Crippen LogP contribution in [0.15, 0.2) is 18.2 Å². The van der Waals surface area contributed by atoms with Gasteiger partial charge in [0.15, 0.2) is 0 Å². The van der Waals surface area contributed by atoms with Crippen molar-refractivity contribution in [1.82, 2.24) is 10.2 Å². The molecule has 19 heavy (non-hydrogen) atoms. The maximum Gasteiger partial charge on any atom is 0.0317 e. The van der Waals surface area contributed by atoms with Gasteiger partial charge in [-0.1, -0.05) is 18.2 Å². The Hall–Kier alpha value is -0.860. The number of hydrogen-bond donors (Lipinski definition) is 1. The third-order valence-corrected chi connectivity index (χ3v) is 4.68. The standard InChI is InChI=1S/C17H28N2/c1-13-5-6-17(11-14(13)2)15(3)19(4)12-16-7-9-18-10-8-16/h5-6,11,15-16,18H,7-10,12H2,1-4H3. The van der Waals surface area contributed by atoms with Crippen molar-refractivity contribution in [1.29, 1.82) is 0 Å². The summed E-state index contributed by atoms with van der Waals surface area (Å²) in [6, 6.07) is 7.39. The van der Waals surface area contributed by atoms with E-state index < -0.39 is 0 Å². The highest BCUT2D eigenvalue weighted by Crippen LogP contribution is 2.23. The Bertz CT molecular complexity index is 408. The molecule has 1 aliphatic rings. The van der Waals surface area contributed by atoms with Gasteiger partial charge >= 0.3 is 0 Å². The molecule has 2 nitrogen and oxygen atoms in total. The topological polar surface area (TPSA) is 15.3 Å². The third-order valence-electron chi connectivity index (χ3n) is 4.68. The number of piperidine rings is 1. The summed E-state index contributed by atoms with van der Waals surface area (Å²) in [5.74, 6) is 0.861. The second-order valence-electron chi connectivity index (χ2n) is 6.15. The molecule has 1 aliphatic heterocycles. The van der Waals surface area contributed by atoms with Gasteiger partial charge < -0.3 is 5.32 Å². The lowest BCUT2D eigenvalue weighted by Gasteiger charge is -2.31. The molecule has 0 saturated carbocycles. The van der Waals surface area contributed by atoms with Gasteiger partial charge in [0.2, 0.25) is 0 Å². The zero-order chi connectivity index (χ0) is 13.8. The molecule has 0 spiro atoms. The SMILES string of the molecule is Cc1ccc(C(C)N(C)CC2CCNCC2)cc1C. The third kappa shape index (κ3) is 3.80. The second-order valence-corrected chi connectivity index (χ2v) is 6.15. The van der Waals surface area contributed by atoms with E-state index >= 15 is 0 Å². The van der Waals surface area contributed by atoms with Gasteiger partial charge in [-0.2, -0.15) is 0 Å². The summed E-state index contributed by atoms with van der Waals surface area (Å²) in [5, 5.41) is 3.44. The van der Waals surface area contributed by atoms with Crippen LogP contribution in [0.4, 0.5) is 0 Å². The minimum absolute atomic E-state index is 0.509. The van der Waals surface area contributed by atoms with Crippen LogP contribution < -0.4 is 5.32 Å². The summed E-state index contributed by atoms with van der Waals surface area (Å²) >= 11 is 0. The normalized spacial score (nSPS) is 18.8. The highest BCUT2D eigenvalue weighted by molar-refractivity contribution is 5.31. The van der Waals surface area contributed by atoms with Crippen LogP contribution in [0.5, 0.6) is 0 Å². The number of nitrogens with zero attached hydrogens (tertiary/aromatic N) is 1. The number of hydrogen-bond acceptors (Lipinski definition) is 2. The van der Waals surface area contributed by atoms with E-state index in [-0.39, 0.29) is 0 Å². The van der Waals surface area contributed by atoms with Crippen LogP contribution in [-0.4, -0.2) is 31.6 Å². The molecule has 0 aliphatic carbocycles. The van der Waals surface area contributed by atoms with Crippen LogP contribution in [0, 0.1) is 19.8 Å². The van der Waals surface area contributed by atoms with Gasteiger partial charge in [-0.15, -0.1) is 0 Å². The summed E-state index contributed by atoms with van der Waals surface area (Å²) in [6.45, 7) is 10.3. The first-order valence-corrected chi connectivity index (χ1v) is 7.56. The molecule has 2 rings (SSSR count). The van der Waals surface area contributed by atoms with Gasteiger partial charge in [-0.3, -0.25) is 4.90 Å². The molecule has 2 heteroatoms. The van der Waals surface area contributed by atoms with Crippen LogP contribution in [0.3, 0.4) is 0 Å². The molecule has 1 aromatic carbocycles. The summed E-state index contributed by atoms with van der Waals surface area (Å²) in [4.78, 5) is 2.51. The molecular formula is C17H28N2. The number of nitrogens with one attached hydrogen (secondary N) is 1. The lowest BCUT2D eigenvalue weighted by atomic mass is 9.96. The van der Waals surface area contributed by atoms with Crippen LogP contribution >= 0.6 is 0 Å². The Morgan fingerprint density at radius 2 is 1.89 bits per heavy atom. The molecule has 1 heterocycles.